The maximum atomic E-state index is 5.53. The van der Waals surface area contributed by atoms with E-state index in [2.05, 4.69) is 19.2 Å². The molecule has 0 aliphatic carbocycles. The van der Waals surface area contributed by atoms with Gasteiger partial charge in [-0.2, -0.15) is 0 Å². The average molecular weight is 241 g/mol. The molecule has 1 heterocycles. The van der Waals surface area contributed by atoms with Crippen molar-refractivity contribution in [1.29, 1.82) is 0 Å². The Bertz CT molecular complexity index is 297. The number of nitrogens with one attached hydrogen (secondary N) is 1. The Balaban J connectivity index is 2.11. The van der Waals surface area contributed by atoms with Gasteiger partial charge in [-0.25, -0.2) is 0 Å². The molecule has 0 aliphatic rings. The van der Waals surface area contributed by atoms with Crippen LogP contribution in [0.3, 0.4) is 0 Å². The molecule has 0 atom stereocenters. The van der Waals surface area contributed by atoms with Crippen molar-refractivity contribution in [1.82, 2.24) is 5.32 Å². The van der Waals surface area contributed by atoms with Crippen LogP contribution < -0.4 is 5.32 Å². The molecular formula is C13H23NO3. The highest BCUT2D eigenvalue weighted by atomic mass is 16.5. The van der Waals surface area contributed by atoms with Crippen LogP contribution in [0.5, 0.6) is 0 Å². The van der Waals surface area contributed by atoms with Crippen LogP contribution in [-0.4, -0.2) is 26.9 Å². The fourth-order valence-corrected chi connectivity index (χ4v) is 1.43. The molecule has 0 amide bonds. The highest BCUT2D eigenvalue weighted by Crippen LogP contribution is 2.11. The topological polar surface area (TPSA) is 43.6 Å². The van der Waals surface area contributed by atoms with E-state index in [1.165, 1.54) is 0 Å². The Morgan fingerprint density at radius 3 is 2.76 bits per heavy atom. The Labute approximate surface area is 103 Å². The predicted octanol–water partition coefficient (Wildman–Crippen LogP) is 2.19. The molecule has 4 nitrogen and oxygen atoms in total. The molecule has 17 heavy (non-hydrogen) atoms. The van der Waals surface area contributed by atoms with Crippen molar-refractivity contribution in [3.05, 3.63) is 23.7 Å². The molecule has 0 spiro atoms. The average Bonchev–Trinajstić information content (AvgIpc) is 2.71. The predicted molar refractivity (Wildman–Crippen MR) is 66.8 cm³/mol. The molecule has 1 rings (SSSR count). The van der Waals surface area contributed by atoms with Crippen molar-refractivity contribution in [3.63, 3.8) is 0 Å². The van der Waals surface area contributed by atoms with Crippen LogP contribution in [0.2, 0.25) is 0 Å². The zero-order chi connectivity index (χ0) is 12.5. The van der Waals surface area contributed by atoms with Crippen molar-refractivity contribution >= 4 is 0 Å². The van der Waals surface area contributed by atoms with Gasteiger partial charge in [-0.15, -0.1) is 0 Å². The fraction of sp³-hybridized carbons (Fsp3) is 0.692. The lowest BCUT2D eigenvalue weighted by Crippen LogP contribution is -2.10. The molecule has 0 saturated heterocycles. The third-order valence-electron chi connectivity index (χ3n) is 2.26. The van der Waals surface area contributed by atoms with E-state index in [-0.39, 0.29) is 0 Å². The second-order valence-corrected chi connectivity index (χ2v) is 4.42. The molecule has 1 aromatic rings. The van der Waals surface area contributed by atoms with Crippen molar-refractivity contribution in [3.8, 4) is 0 Å². The van der Waals surface area contributed by atoms with Crippen molar-refractivity contribution in [2.45, 2.75) is 27.0 Å². The van der Waals surface area contributed by atoms with Crippen molar-refractivity contribution in [2.24, 2.45) is 5.92 Å². The van der Waals surface area contributed by atoms with Crippen LogP contribution in [0.25, 0.3) is 0 Å². The van der Waals surface area contributed by atoms with Gasteiger partial charge in [-0.1, -0.05) is 13.8 Å². The summed E-state index contributed by atoms with van der Waals surface area (Å²) in [5.74, 6) is 1.52. The van der Waals surface area contributed by atoms with Crippen LogP contribution in [0.15, 0.2) is 16.7 Å². The number of hydrogen-bond donors (Lipinski definition) is 1. The van der Waals surface area contributed by atoms with Gasteiger partial charge in [0.05, 0.1) is 32.6 Å². The van der Waals surface area contributed by atoms with E-state index in [0.717, 1.165) is 24.5 Å². The summed E-state index contributed by atoms with van der Waals surface area (Å²) in [7, 11) is 1.90. The second-order valence-electron chi connectivity index (χ2n) is 4.42. The fourth-order valence-electron chi connectivity index (χ4n) is 1.43. The SMILES string of the molecule is CNCc1occc1COCCOCC(C)C. The summed E-state index contributed by atoms with van der Waals surface area (Å²) in [6.07, 6.45) is 1.70. The molecule has 0 saturated carbocycles. The van der Waals surface area contributed by atoms with Crippen LogP contribution in [-0.2, 0) is 22.6 Å². The van der Waals surface area contributed by atoms with Gasteiger partial charge in [-0.3, -0.25) is 0 Å². The van der Waals surface area contributed by atoms with E-state index >= 15 is 0 Å². The summed E-state index contributed by atoms with van der Waals surface area (Å²) < 4.78 is 16.3. The first-order chi connectivity index (χ1) is 8.24. The van der Waals surface area contributed by atoms with E-state index in [1.807, 2.05) is 13.1 Å². The minimum Gasteiger partial charge on any atom is -0.468 e. The summed E-state index contributed by atoms with van der Waals surface area (Å²) in [6.45, 7) is 7.65. The Morgan fingerprint density at radius 1 is 1.29 bits per heavy atom. The highest BCUT2D eigenvalue weighted by Gasteiger charge is 2.05. The van der Waals surface area contributed by atoms with Gasteiger partial charge in [0, 0.05) is 12.2 Å². The third kappa shape index (κ3) is 5.86. The lowest BCUT2D eigenvalue weighted by Gasteiger charge is -2.07. The molecule has 98 valence electrons. The Hall–Kier alpha value is -0.840. The lowest BCUT2D eigenvalue weighted by molar-refractivity contribution is 0.0310. The first-order valence-corrected chi connectivity index (χ1v) is 6.09. The zero-order valence-electron chi connectivity index (χ0n) is 11.0. The first kappa shape index (κ1) is 14.2. The largest absolute Gasteiger partial charge is 0.468 e. The number of furan rings is 1. The molecule has 0 radical (unpaired) electrons. The van der Waals surface area contributed by atoms with Crippen molar-refractivity contribution < 1.29 is 13.9 Å². The Morgan fingerprint density at radius 2 is 2.06 bits per heavy atom. The standard InChI is InChI=1S/C13H23NO3/c1-11(2)9-15-6-7-16-10-12-4-5-17-13(12)8-14-3/h4-5,11,14H,6-10H2,1-3H3. The maximum Gasteiger partial charge on any atom is 0.123 e. The molecule has 1 N–H and O–H groups in total. The highest BCUT2D eigenvalue weighted by molar-refractivity contribution is 5.15. The molecule has 4 heteroatoms. The number of rotatable bonds is 9. The van der Waals surface area contributed by atoms with E-state index in [1.54, 1.807) is 6.26 Å². The lowest BCUT2D eigenvalue weighted by atomic mass is 10.2. The van der Waals surface area contributed by atoms with Gasteiger partial charge in [-0.05, 0) is 19.0 Å². The van der Waals surface area contributed by atoms with Gasteiger partial charge in [0.2, 0.25) is 0 Å². The van der Waals surface area contributed by atoms with E-state index in [4.69, 9.17) is 13.9 Å². The molecule has 0 aromatic carbocycles. The van der Waals surface area contributed by atoms with Crippen LogP contribution in [0, 0.1) is 5.92 Å². The summed E-state index contributed by atoms with van der Waals surface area (Å²) in [5, 5.41) is 3.06. The molecule has 0 fully saturated rings. The van der Waals surface area contributed by atoms with Crippen LogP contribution in [0.4, 0.5) is 0 Å². The number of ether oxygens (including phenoxy) is 2. The summed E-state index contributed by atoms with van der Waals surface area (Å²) in [4.78, 5) is 0. The summed E-state index contributed by atoms with van der Waals surface area (Å²) >= 11 is 0. The molecule has 0 bridgehead atoms. The van der Waals surface area contributed by atoms with E-state index in [9.17, 15) is 0 Å². The quantitative estimate of drug-likeness (QED) is 0.673. The van der Waals surface area contributed by atoms with Gasteiger partial charge in [0.25, 0.3) is 0 Å². The van der Waals surface area contributed by atoms with Crippen LogP contribution in [0.1, 0.15) is 25.2 Å². The molecule has 0 aliphatic heterocycles. The second kappa shape index (κ2) is 8.28. The molecular weight excluding hydrogens is 218 g/mol. The number of hydrogen-bond acceptors (Lipinski definition) is 4. The zero-order valence-corrected chi connectivity index (χ0v) is 11.0. The van der Waals surface area contributed by atoms with E-state index < -0.39 is 0 Å². The van der Waals surface area contributed by atoms with E-state index in [0.29, 0.717) is 25.7 Å². The third-order valence-corrected chi connectivity index (χ3v) is 2.26. The maximum absolute atomic E-state index is 5.53. The van der Waals surface area contributed by atoms with Gasteiger partial charge >= 0.3 is 0 Å². The minimum absolute atomic E-state index is 0.575. The van der Waals surface area contributed by atoms with Gasteiger partial charge in [0.15, 0.2) is 0 Å². The normalized spacial score (nSPS) is 11.3. The van der Waals surface area contributed by atoms with Crippen molar-refractivity contribution in [2.75, 3.05) is 26.9 Å². The van der Waals surface area contributed by atoms with Crippen LogP contribution >= 0.6 is 0 Å². The molecule has 0 unspecified atom stereocenters. The minimum atomic E-state index is 0.575. The smallest absolute Gasteiger partial charge is 0.123 e. The van der Waals surface area contributed by atoms with Gasteiger partial charge < -0.3 is 19.2 Å². The molecule has 1 aromatic heterocycles. The summed E-state index contributed by atoms with van der Waals surface area (Å²) in [5.41, 5.74) is 1.10. The monoisotopic (exact) mass is 241 g/mol. The first-order valence-electron chi connectivity index (χ1n) is 6.09. The van der Waals surface area contributed by atoms with Gasteiger partial charge in [0.1, 0.15) is 5.76 Å². The Kier molecular flexibility index (Phi) is 6.93. The summed E-state index contributed by atoms with van der Waals surface area (Å²) in [6, 6.07) is 1.95.